The summed E-state index contributed by atoms with van der Waals surface area (Å²) in [5.41, 5.74) is 0.852. The Morgan fingerprint density at radius 2 is 2.38 bits per heavy atom. The molecule has 0 N–H and O–H groups in total. The second kappa shape index (κ2) is 4.82. The van der Waals surface area contributed by atoms with Crippen LogP contribution in [-0.4, -0.2) is 16.6 Å². The second-order valence-electron chi connectivity index (χ2n) is 2.50. The number of hydrogen-bond acceptors (Lipinski definition) is 3. The summed E-state index contributed by atoms with van der Waals surface area (Å²) in [4.78, 5) is 8.19. The third kappa shape index (κ3) is 3.03. The maximum Gasteiger partial charge on any atom is 0.217 e. The highest BCUT2D eigenvalue weighted by Gasteiger charge is 2.00. The van der Waals surface area contributed by atoms with Gasteiger partial charge < -0.3 is 4.74 Å². The molecule has 0 aliphatic rings. The normalized spacial score (nSPS) is 9.69. The van der Waals surface area contributed by atoms with E-state index in [0.717, 1.165) is 5.69 Å². The number of rotatable bonds is 4. The zero-order chi connectivity index (χ0) is 9.68. The Morgan fingerprint density at radius 3 is 3.00 bits per heavy atom. The van der Waals surface area contributed by atoms with Crippen molar-refractivity contribution in [1.82, 2.24) is 9.97 Å². The third-order valence-corrected chi connectivity index (χ3v) is 1.58. The fraction of sp³-hybridized carbons (Fsp3) is 0.333. The Hall–Kier alpha value is -1.09. The van der Waals surface area contributed by atoms with Crippen molar-refractivity contribution in [2.24, 2.45) is 0 Å². The van der Waals surface area contributed by atoms with Gasteiger partial charge in [0.1, 0.15) is 12.4 Å². The number of aryl methyl sites for hydroxylation is 1. The molecule has 13 heavy (non-hydrogen) atoms. The highest BCUT2D eigenvalue weighted by atomic mass is 35.5. The van der Waals surface area contributed by atoms with Crippen LogP contribution < -0.4 is 4.74 Å². The molecule has 0 aliphatic carbocycles. The van der Waals surface area contributed by atoms with Crippen LogP contribution in [0.4, 0.5) is 0 Å². The maximum absolute atomic E-state index is 5.60. The number of alkyl halides is 1. The van der Waals surface area contributed by atoms with E-state index < -0.39 is 0 Å². The van der Waals surface area contributed by atoms with Crippen molar-refractivity contribution < 1.29 is 4.74 Å². The lowest BCUT2D eigenvalue weighted by molar-refractivity contribution is 0.346. The predicted molar refractivity (Wildman–Crippen MR) is 52.0 cm³/mol. The summed E-state index contributed by atoms with van der Waals surface area (Å²) in [6, 6.07) is 1.76. The molecule has 3 nitrogen and oxygen atoms in total. The van der Waals surface area contributed by atoms with E-state index in [-0.39, 0.29) is 0 Å². The fourth-order valence-electron chi connectivity index (χ4n) is 0.877. The van der Waals surface area contributed by atoms with Gasteiger partial charge >= 0.3 is 0 Å². The van der Waals surface area contributed by atoms with Crippen molar-refractivity contribution in [3.05, 3.63) is 30.2 Å². The summed E-state index contributed by atoms with van der Waals surface area (Å²) < 4.78 is 5.25. The fourth-order valence-corrected chi connectivity index (χ4v) is 0.997. The molecule has 1 rings (SSSR count). The first-order valence-corrected chi connectivity index (χ1v) is 4.44. The van der Waals surface area contributed by atoms with Gasteiger partial charge in [-0.1, -0.05) is 12.7 Å². The van der Waals surface area contributed by atoms with Crippen LogP contribution in [0.1, 0.15) is 11.5 Å². The first-order chi connectivity index (χ1) is 6.26. The highest BCUT2D eigenvalue weighted by molar-refractivity contribution is 6.16. The van der Waals surface area contributed by atoms with Gasteiger partial charge in [-0.2, -0.15) is 4.98 Å². The Labute approximate surface area is 82.4 Å². The number of ether oxygens (including phenoxy) is 1. The SMILES string of the molecule is C=CCOc1cc(C)nc(CCl)n1. The molecular weight excluding hydrogens is 188 g/mol. The standard InChI is InChI=1S/C9H11ClN2O/c1-3-4-13-9-5-7(2)11-8(6-10)12-9/h3,5H,1,4,6H2,2H3. The predicted octanol–water partition coefficient (Wildman–Crippen LogP) is 2.09. The van der Waals surface area contributed by atoms with Gasteiger partial charge in [0, 0.05) is 11.8 Å². The van der Waals surface area contributed by atoms with Crippen LogP contribution in [0.25, 0.3) is 0 Å². The van der Waals surface area contributed by atoms with Gasteiger partial charge in [0.05, 0.1) is 5.88 Å². The minimum Gasteiger partial charge on any atom is -0.473 e. The molecule has 0 aromatic carbocycles. The molecule has 0 bridgehead atoms. The van der Waals surface area contributed by atoms with E-state index in [9.17, 15) is 0 Å². The summed E-state index contributed by atoms with van der Waals surface area (Å²) >= 11 is 5.60. The number of aromatic nitrogens is 2. The van der Waals surface area contributed by atoms with Crippen molar-refractivity contribution in [2.45, 2.75) is 12.8 Å². The van der Waals surface area contributed by atoms with Gasteiger partial charge in [0.2, 0.25) is 5.88 Å². The zero-order valence-electron chi connectivity index (χ0n) is 7.46. The summed E-state index contributed by atoms with van der Waals surface area (Å²) in [6.07, 6.45) is 1.66. The molecule has 0 unspecified atom stereocenters. The second-order valence-corrected chi connectivity index (χ2v) is 2.76. The summed E-state index contributed by atoms with van der Waals surface area (Å²) in [6.45, 7) is 5.86. The third-order valence-electron chi connectivity index (χ3n) is 1.35. The minimum absolute atomic E-state index is 0.298. The van der Waals surface area contributed by atoms with Crippen molar-refractivity contribution in [3.8, 4) is 5.88 Å². The number of halogens is 1. The van der Waals surface area contributed by atoms with Crippen LogP contribution >= 0.6 is 11.6 Å². The van der Waals surface area contributed by atoms with Gasteiger partial charge in [0.15, 0.2) is 0 Å². The lowest BCUT2D eigenvalue weighted by atomic mass is 10.4. The smallest absolute Gasteiger partial charge is 0.217 e. The highest BCUT2D eigenvalue weighted by Crippen LogP contribution is 2.09. The molecule has 70 valence electrons. The minimum atomic E-state index is 0.298. The van der Waals surface area contributed by atoms with Crippen LogP contribution in [0.15, 0.2) is 18.7 Å². The average Bonchev–Trinajstić information content (AvgIpc) is 2.14. The summed E-state index contributed by atoms with van der Waals surface area (Å²) in [5.74, 6) is 1.43. The van der Waals surface area contributed by atoms with Crippen LogP contribution in [0.3, 0.4) is 0 Å². The molecule has 1 aromatic heterocycles. The van der Waals surface area contributed by atoms with Gasteiger partial charge in [-0.25, -0.2) is 4.98 Å². The van der Waals surface area contributed by atoms with Crippen molar-refractivity contribution in [1.29, 1.82) is 0 Å². The Balaban J connectivity index is 2.81. The summed E-state index contributed by atoms with van der Waals surface area (Å²) in [7, 11) is 0. The maximum atomic E-state index is 5.60. The Morgan fingerprint density at radius 1 is 1.62 bits per heavy atom. The quantitative estimate of drug-likeness (QED) is 0.549. The molecule has 0 amide bonds. The molecule has 0 radical (unpaired) electrons. The van der Waals surface area contributed by atoms with Crippen molar-refractivity contribution in [2.75, 3.05) is 6.61 Å². The van der Waals surface area contributed by atoms with Gasteiger partial charge in [-0.05, 0) is 6.92 Å². The Bertz CT molecular complexity index is 302. The van der Waals surface area contributed by atoms with Crippen LogP contribution in [0.5, 0.6) is 5.88 Å². The van der Waals surface area contributed by atoms with E-state index in [0.29, 0.717) is 24.2 Å². The number of nitrogens with zero attached hydrogens (tertiary/aromatic N) is 2. The zero-order valence-corrected chi connectivity index (χ0v) is 8.21. The van der Waals surface area contributed by atoms with Crippen LogP contribution in [-0.2, 0) is 5.88 Å². The van der Waals surface area contributed by atoms with Crippen molar-refractivity contribution in [3.63, 3.8) is 0 Å². The molecule has 1 heterocycles. The van der Waals surface area contributed by atoms with Gasteiger partial charge in [-0.15, -0.1) is 11.6 Å². The van der Waals surface area contributed by atoms with E-state index in [2.05, 4.69) is 16.5 Å². The molecule has 0 aliphatic heterocycles. The van der Waals surface area contributed by atoms with Crippen molar-refractivity contribution >= 4 is 11.6 Å². The lowest BCUT2D eigenvalue weighted by Crippen LogP contribution is -2.00. The molecule has 0 spiro atoms. The topological polar surface area (TPSA) is 35.0 Å². The first kappa shape index (κ1) is 9.99. The lowest BCUT2D eigenvalue weighted by Gasteiger charge is -2.04. The number of hydrogen-bond donors (Lipinski definition) is 0. The monoisotopic (exact) mass is 198 g/mol. The van der Waals surface area contributed by atoms with Gasteiger partial charge in [-0.3, -0.25) is 0 Å². The van der Waals surface area contributed by atoms with E-state index in [1.54, 1.807) is 12.1 Å². The molecular formula is C9H11ClN2O. The summed E-state index contributed by atoms with van der Waals surface area (Å²) in [5, 5.41) is 0. The average molecular weight is 199 g/mol. The van der Waals surface area contributed by atoms with E-state index in [4.69, 9.17) is 16.3 Å². The largest absolute Gasteiger partial charge is 0.473 e. The van der Waals surface area contributed by atoms with E-state index >= 15 is 0 Å². The molecule has 0 saturated heterocycles. The van der Waals surface area contributed by atoms with Crippen LogP contribution in [0, 0.1) is 6.92 Å². The van der Waals surface area contributed by atoms with E-state index in [1.807, 2.05) is 6.92 Å². The Kier molecular flexibility index (Phi) is 3.71. The van der Waals surface area contributed by atoms with E-state index in [1.165, 1.54) is 0 Å². The molecule has 1 aromatic rings. The van der Waals surface area contributed by atoms with Gasteiger partial charge in [0.25, 0.3) is 0 Å². The molecule has 0 atom stereocenters. The van der Waals surface area contributed by atoms with Crippen LogP contribution in [0.2, 0.25) is 0 Å². The molecule has 0 fully saturated rings. The first-order valence-electron chi connectivity index (χ1n) is 3.90. The molecule has 0 saturated carbocycles. The molecule has 4 heteroatoms.